The summed E-state index contributed by atoms with van der Waals surface area (Å²) in [4.78, 5) is 26.4. The minimum atomic E-state index is -1.06. The maximum absolute atomic E-state index is 11.8. The lowest BCUT2D eigenvalue weighted by Crippen LogP contribution is -2.22. The molecule has 1 heterocycles. The predicted octanol–water partition coefficient (Wildman–Crippen LogP) is 2.20. The standard InChI is InChI=1S/C15H14N2O3/c1-2-16-14(18)11-5-3-4-10(8-11)12-6-7-13(15(19)20)17-9-12/h3-9H,2H2,1H3,(H,16,18)(H,19,20). The predicted molar refractivity (Wildman–Crippen MR) is 74.6 cm³/mol. The Morgan fingerprint density at radius 3 is 2.60 bits per heavy atom. The number of hydrogen-bond donors (Lipinski definition) is 2. The van der Waals surface area contributed by atoms with E-state index in [1.807, 2.05) is 13.0 Å². The van der Waals surface area contributed by atoms with E-state index in [9.17, 15) is 9.59 Å². The monoisotopic (exact) mass is 270 g/mol. The van der Waals surface area contributed by atoms with Crippen LogP contribution in [0.25, 0.3) is 11.1 Å². The lowest BCUT2D eigenvalue weighted by Gasteiger charge is -2.06. The zero-order valence-corrected chi connectivity index (χ0v) is 11.0. The highest BCUT2D eigenvalue weighted by Gasteiger charge is 2.08. The van der Waals surface area contributed by atoms with Crippen LogP contribution in [-0.2, 0) is 0 Å². The second kappa shape index (κ2) is 5.97. The fourth-order valence-corrected chi connectivity index (χ4v) is 1.79. The normalized spacial score (nSPS) is 10.1. The third kappa shape index (κ3) is 3.00. The Kier molecular flexibility index (Phi) is 4.10. The van der Waals surface area contributed by atoms with Gasteiger partial charge in [0.2, 0.25) is 0 Å². The first-order valence-electron chi connectivity index (χ1n) is 6.20. The zero-order chi connectivity index (χ0) is 14.5. The van der Waals surface area contributed by atoms with Crippen LogP contribution in [0.2, 0.25) is 0 Å². The molecule has 0 unspecified atom stereocenters. The molecule has 2 rings (SSSR count). The van der Waals surface area contributed by atoms with Gasteiger partial charge in [-0.1, -0.05) is 18.2 Å². The molecule has 5 heteroatoms. The molecule has 20 heavy (non-hydrogen) atoms. The van der Waals surface area contributed by atoms with Crippen LogP contribution in [-0.4, -0.2) is 28.5 Å². The van der Waals surface area contributed by atoms with E-state index in [2.05, 4.69) is 10.3 Å². The van der Waals surface area contributed by atoms with Crippen LogP contribution in [0.4, 0.5) is 0 Å². The molecule has 102 valence electrons. The highest BCUT2D eigenvalue weighted by molar-refractivity contribution is 5.95. The average molecular weight is 270 g/mol. The van der Waals surface area contributed by atoms with Crippen LogP contribution in [0.15, 0.2) is 42.6 Å². The molecule has 0 aliphatic carbocycles. The molecule has 0 radical (unpaired) electrons. The Labute approximate surface area is 116 Å². The van der Waals surface area contributed by atoms with Crippen LogP contribution >= 0.6 is 0 Å². The third-order valence-corrected chi connectivity index (χ3v) is 2.78. The first-order valence-corrected chi connectivity index (χ1v) is 6.20. The topological polar surface area (TPSA) is 79.3 Å². The number of carboxylic acid groups (broad SMARTS) is 1. The highest BCUT2D eigenvalue weighted by Crippen LogP contribution is 2.20. The van der Waals surface area contributed by atoms with E-state index >= 15 is 0 Å². The minimum absolute atomic E-state index is 0.00590. The van der Waals surface area contributed by atoms with Crippen molar-refractivity contribution in [3.63, 3.8) is 0 Å². The third-order valence-electron chi connectivity index (χ3n) is 2.78. The Hall–Kier alpha value is -2.69. The summed E-state index contributed by atoms with van der Waals surface area (Å²) in [6.07, 6.45) is 1.49. The van der Waals surface area contributed by atoms with Crippen molar-refractivity contribution in [1.82, 2.24) is 10.3 Å². The number of hydrogen-bond acceptors (Lipinski definition) is 3. The molecule has 0 spiro atoms. The van der Waals surface area contributed by atoms with E-state index in [0.29, 0.717) is 12.1 Å². The van der Waals surface area contributed by atoms with Gasteiger partial charge in [-0.05, 0) is 30.7 Å². The van der Waals surface area contributed by atoms with E-state index < -0.39 is 5.97 Å². The number of carbonyl (C=O) groups excluding carboxylic acids is 1. The van der Waals surface area contributed by atoms with Gasteiger partial charge in [-0.15, -0.1) is 0 Å². The summed E-state index contributed by atoms with van der Waals surface area (Å²) in [5.41, 5.74) is 2.14. The summed E-state index contributed by atoms with van der Waals surface area (Å²) in [5, 5.41) is 11.5. The summed E-state index contributed by atoms with van der Waals surface area (Å²) in [6.45, 7) is 2.42. The van der Waals surface area contributed by atoms with Gasteiger partial charge in [0.1, 0.15) is 5.69 Å². The van der Waals surface area contributed by atoms with Gasteiger partial charge in [0.15, 0.2) is 0 Å². The number of pyridine rings is 1. The number of aromatic carboxylic acids is 1. The molecular formula is C15H14N2O3. The molecule has 0 aliphatic heterocycles. The van der Waals surface area contributed by atoms with E-state index in [4.69, 9.17) is 5.11 Å². The molecule has 0 aliphatic rings. The highest BCUT2D eigenvalue weighted by atomic mass is 16.4. The molecule has 1 aromatic heterocycles. The maximum Gasteiger partial charge on any atom is 0.354 e. The van der Waals surface area contributed by atoms with Crippen molar-refractivity contribution >= 4 is 11.9 Å². The van der Waals surface area contributed by atoms with Gasteiger partial charge in [-0.3, -0.25) is 4.79 Å². The number of rotatable bonds is 4. The van der Waals surface area contributed by atoms with Gasteiger partial charge in [-0.2, -0.15) is 0 Å². The summed E-state index contributed by atoms with van der Waals surface area (Å²) in [5.74, 6) is -1.20. The number of carbonyl (C=O) groups is 2. The summed E-state index contributed by atoms with van der Waals surface area (Å²) < 4.78 is 0. The van der Waals surface area contributed by atoms with Crippen LogP contribution in [0.5, 0.6) is 0 Å². The molecule has 2 N–H and O–H groups in total. The zero-order valence-electron chi connectivity index (χ0n) is 11.0. The van der Waals surface area contributed by atoms with Crippen molar-refractivity contribution < 1.29 is 14.7 Å². The van der Waals surface area contributed by atoms with E-state index in [1.165, 1.54) is 12.3 Å². The van der Waals surface area contributed by atoms with Crippen molar-refractivity contribution in [2.45, 2.75) is 6.92 Å². The Bertz CT molecular complexity index is 636. The number of amides is 1. The Morgan fingerprint density at radius 2 is 2.00 bits per heavy atom. The lowest BCUT2D eigenvalue weighted by molar-refractivity contribution is 0.0690. The molecule has 5 nitrogen and oxygen atoms in total. The van der Waals surface area contributed by atoms with Crippen molar-refractivity contribution in [2.24, 2.45) is 0 Å². The molecule has 0 bridgehead atoms. The van der Waals surface area contributed by atoms with Gasteiger partial charge in [0, 0.05) is 23.9 Å². The number of aromatic nitrogens is 1. The van der Waals surface area contributed by atoms with Crippen molar-refractivity contribution in [2.75, 3.05) is 6.54 Å². The number of nitrogens with zero attached hydrogens (tertiary/aromatic N) is 1. The van der Waals surface area contributed by atoms with Gasteiger partial charge >= 0.3 is 5.97 Å². The molecule has 0 atom stereocenters. The Balaban J connectivity index is 2.31. The Morgan fingerprint density at radius 1 is 1.20 bits per heavy atom. The van der Waals surface area contributed by atoms with Gasteiger partial charge < -0.3 is 10.4 Å². The number of benzene rings is 1. The molecule has 1 aromatic carbocycles. The first-order chi connectivity index (χ1) is 9.61. The molecule has 2 aromatic rings. The van der Waals surface area contributed by atoms with Gasteiger partial charge in [-0.25, -0.2) is 9.78 Å². The largest absolute Gasteiger partial charge is 0.477 e. The fraction of sp³-hybridized carbons (Fsp3) is 0.133. The van der Waals surface area contributed by atoms with Crippen molar-refractivity contribution in [1.29, 1.82) is 0 Å². The second-order valence-electron chi connectivity index (χ2n) is 4.18. The fourth-order valence-electron chi connectivity index (χ4n) is 1.79. The van der Waals surface area contributed by atoms with E-state index in [0.717, 1.165) is 11.1 Å². The van der Waals surface area contributed by atoms with E-state index in [1.54, 1.807) is 24.3 Å². The summed E-state index contributed by atoms with van der Waals surface area (Å²) in [7, 11) is 0. The van der Waals surface area contributed by atoms with Crippen LogP contribution in [0.3, 0.4) is 0 Å². The lowest BCUT2D eigenvalue weighted by atomic mass is 10.0. The molecule has 1 amide bonds. The van der Waals surface area contributed by atoms with Gasteiger partial charge in [0.05, 0.1) is 0 Å². The van der Waals surface area contributed by atoms with E-state index in [-0.39, 0.29) is 11.6 Å². The molecule has 0 fully saturated rings. The summed E-state index contributed by atoms with van der Waals surface area (Å²) in [6, 6.07) is 10.2. The number of nitrogens with one attached hydrogen (secondary N) is 1. The second-order valence-corrected chi connectivity index (χ2v) is 4.18. The van der Waals surface area contributed by atoms with Crippen LogP contribution in [0, 0.1) is 0 Å². The van der Waals surface area contributed by atoms with Crippen molar-refractivity contribution in [3.05, 3.63) is 53.9 Å². The van der Waals surface area contributed by atoms with Crippen LogP contribution < -0.4 is 5.32 Å². The summed E-state index contributed by atoms with van der Waals surface area (Å²) >= 11 is 0. The van der Waals surface area contributed by atoms with Crippen molar-refractivity contribution in [3.8, 4) is 11.1 Å². The molecule has 0 saturated carbocycles. The smallest absolute Gasteiger partial charge is 0.354 e. The number of carboxylic acids is 1. The van der Waals surface area contributed by atoms with Gasteiger partial charge in [0.25, 0.3) is 5.91 Å². The quantitative estimate of drug-likeness (QED) is 0.892. The first kappa shape index (κ1) is 13.7. The molecule has 0 saturated heterocycles. The SMILES string of the molecule is CCNC(=O)c1cccc(-c2ccc(C(=O)O)nc2)c1. The van der Waals surface area contributed by atoms with Crippen LogP contribution in [0.1, 0.15) is 27.8 Å². The molecular weight excluding hydrogens is 256 g/mol. The maximum atomic E-state index is 11.8. The minimum Gasteiger partial charge on any atom is -0.477 e. The average Bonchev–Trinajstić information content (AvgIpc) is 2.48.